The van der Waals surface area contributed by atoms with Gasteiger partial charge < -0.3 is 14.9 Å². The number of ether oxygens (including phenoxy) is 1. The molecule has 4 heteroatoms. The number of phenols is 2. The van der Waals surface area contributed by atoms with E-state index < -0.39 is 0 Å². The average molecular weight is 431 g/mol. The van der Waals surface area contributed by atoms with Gasteiger partial charge in [-0.2, -0.15) is 0 Å². The Bertz CT molecular complexity index is 649. The van der Waals surface area contributed by atoms with Crippen LogP contribution in [-0.4, -0.2) is 22.8 Å². The zero-order chi connectivity index (χ0) is 22.6. The molecule has 0 saturated carbocycles. The monoisotopic (exact) mass is 430 g/mol. The first-order chi connectivity index (χ1) is 15.1. The summed E-state index contributed by atoms with van der Waals surface area (Å²) in [5.41, 5.74) is 0.671. The number of phenolic OH excluding ortho intramolecular Hbond substituents is 2. The van der Waals surface area contributed by atoms with Crippen molar-refractivity contribution in [3.63, 3.8) is 0 Å². The molecule has 2 N–H and O–H groups in total. The summed E-state index contributed by atoms with van der Waals surface area (Å²) in [6.07, 6.45) is 23.6. The fourth-order valence-corrected chi connectivity index (χ4v) is 3.38. The van der Waals surface area contributed by atoms with Crippen LogP contribution in [0.1, 0.15) is 96.0 Å². The smallest absolute Gasteiger partial charge is 0.305 e. The Morgan fingerprint density at radius 3 is 2.29 bits per heavy atom. The Morgan fingerprint density at radius 2 is 1.55 bits per heavy atom. The van der Waals surface area contributed by atoms with Crippen molar-refractivity contribution in [3.8, 4) is 11.5 Å². The van der Waals surface area contributed by atoms with E-state index in [1.165, 1.54) is 44.6 Å². The summed E-state index contributed by atoms with van der Waals surface area (Å²) in [6, 6.07) is 4.91. The first-order valence-corrected chi connectivity index (χ1v) is 12.1. The summed E-state index contributed by atoms with van der Waals surface area (Å²) in [6.45, 7) is 2.58. The van der Waals surface area contributed by atoms with E-state index >= 15 is 0 Å². The Balaban J connectivity index is 1.90. The number of aryl methyl sites for hydroxylation is 1. The van der Waals surface area contributed by atoms with E-state index in [4.69, 9.17) is 4.74 Å². The molecule has 0 fully saturated rings. The highest BCUT2D eigenvalue weighted by molar-refractivity contribution is 5.69. The Hall–Kier alpha value is -2.23. The maximum atomic E-state index is 11.8. The quantitative estimate of drug-likeness (QED) is 0.110. The normalized spacial score (nSPS) is 11.5. The molecule has 1 aromatic carbocycles. The number of aromatic hydroxyl groups is 2. The number of carbonyl (C=O) groups is 1. The number of para-hydroxylation sites is 1. The van der Waals surface area contributed by atoms with Crippen molar-refractivity contribution < 1.29 is 19.7 Å². The highest BCUT2D eigenvalue weighted by Gasteiger charge is 2.07. The van der Waals surface area contributed by atoms with Crippen molar-refractivity contribution in [1.82, 2.24) is 0 Å². The fourth-order valence-electron chi connectivity index (χ4n) is 3.38. The number of allylic oxidation sites excluding steroid dienone is 4. The lowest BCUT2D eigenvalue weighted by atomic mass is 10.1. The van der Waals surface area contributed by atoms with Crippen LogP contribution in [0.15, 0.2) is 42.5 Å². The molecular weight excluding hydrogens is 388 g/mol. The highest BCUT2D eigenvalue weighted by atomic mass is 16.5. The van der Waals surface area contributed by atoms with Crippen molar-refractivity contribution in [1.29, 1.82) is 0 Å². The zero-order valence-corrected chi connectivity index (χ0v) is 19.4. The average Bonchev–Trinajstić information content (AvgIpc) is 2.76. The van der Waals surface area contributed by atoms with Gasteiger partial charge in [0.25, 0.3) is 0 Å². The molecule has 0 atom stereocenters. The van der Waals surface area contributed by atoms with Crippen LogP contribution in [0.4, 0.5) is 0 Å². The van der Waals surface area contributed by atoms with Crippen LogP contribution in [0.2, 0.25) is 0 Å². The Morgan fingerprint density at radius 1 is 0.871 bits per heavy atom. The molecule has 0 heterocycles. The van der Waals surface area contributed by atoms with Crippen LogP contribution in [0.25, 0.3) is 0 Å². The standard InChI is InChI=1S/C27H42O4/c1-2-3-4-5-6-7-8-9-10-11-12-13-14-15-16-22-26(29)31-23-18-20-24-19-17-21-25(28)27(24)30/h6-7,9-10,17,19,21,28,30H,2-5,8,11-16,18,20,22-23H2,1H3/b7-6+,10-9+. The van der Waals surface area contributed by atoms with Crippen LogP contribution >= 0.6 is 0 Å². The molecule has 1 rings (SSSR count). The first-order valence-electron chi connectivity index (χ1n) is 12.1. The Labute approximate surface area is 189 Å². The molecule has 31 heavy (non-hydrogen) atoms. The SMILES string of the molecule is CCCCC/C=C/C/C=C/CCCCCCCC(=O)OCCCc1cccc(O)c1O. The van der Waals surface area contributed by atoms with Gasteiger partial charge in [-0.1, -0.05) is 75.5 Å². The number of rotatable bonds is 18. The zero-order valence-electron chi connectivity index (χ0n) is 19.4. The van der Waals surface area contributed by atoms with E-state index in [0.29, 0.717) is 31.4 Å². The predicted molar refractivity (Wildman–Crippen MR) is 128 cm³/mol. The number of hydrogen-bond acceptors (Lipinski definition) is 4. The Kier molecular flexibility index (Phi) is 16.0. The van der Waals surface area contributed by atoms with E-state index in [2.05, 4.69) is 31.2 Å². The lowest BCUT2D eigenvalue weighted by Crippen LogP contribution is -2.06. The second-order valence-electron chi connectivity index (χ2n) is 8.09. The van der Waals surface area contributed by atoms with Crippen molar-refractivity contribution in [2.45, 2.75) is 96.8 Å². The van der Waals surface area contributed by atoms with E-state index in [1.807, 2.05) is 0 Å². The number of esters is 1. The molecule has 4 nitrogen and oxygen atoms in total. The molecule has 1 aromatic rings. The minimum atomic E-state index is -0.147. The van der Waals surface area contributed by atoms with Gasteiger partial charge in [-0.3, -0.25) is 4.79 Å². The maximum absolute atomic E-state index is 11.8. The first kappa shape index (κ1) is 26.8. The van der Waals surface area contributed by atoms with Crippen LogP contribution in [-0.2, 0) is 16.0 Å². The van der Waals surface area contributed by atoms with E-state index in [9.17, 15) is 15.0 Å². The second kappa shape index (κ2) is 18.5. The van der Waals surface area contributed by atoms with Crippen molar-refractivity contribution in [2.75, 3.05) is 6.61 Å². The van der Waals surface area contributed by atoms with Gasteiger partial charge in [0.05, 0.1) is 6.61 Å². The summed E-state index contributed by atoms with van der Waals surface area (Å²) in [4.78, 5) is 11.8. The van der Waals surface area contributed by atoms with E-state index in [1.54, 1.807) is 12.1 Å². The van der Waals surface area contributed by atoms with Crippen molar-refractivity contribution >= 4 is 5.97 Å². The minimum Gasteiger partial charge on any atom is -0.504 e. The third-order valence-corrected chi connectivity index (χ3v) is 5.28. The van der Waals surface area contributed by atoms with Gasteiger partial charge in [-0.25, -0.2) is 0 Å². The van der Waals surface area contributed by atoms with Gasteiger partial charge in [0.15, 0.2) is 11.5 Å². The lowest BCUT2D eigenvalue weighted by molar-refractivity contribution is -0.143. The molecule has 0 bridgehead atoms. The van der Waals surface area contributed by atoms with Gasteiger partial charge in [0.2, 0.25) is 0 Å². The van der Waals surface area contributed by atoms with Gasteiger partial charge in [0, 0.05) is 6.42 Å². The van der Waals surface area contributed by atoms with Crippen LogP contribution in [0, 0.1) is 0 Å². The molecule has 0 saturated heterocycles. The fraction of sp³-hybridized carbons (Fsp3) is 0.593. The molecule has 0 amide bonds. The molecule has 0 radical (unpaired) electrons. The van der Waals surface area contributed by atoms with Crippen LogP contribution in [0.3, 0.4) is 0 Å². The summed E-state index contributed by atoms with van der Waals surface area (Å²) >= 11 is 0. The molecule has 0 aliphatic carbocycles. The topological polar surface area (TPSA) is 66.8 Å². The lowest BCUT2D eigenvalue weighted by Gasteiger charge is -2.07. The van der Waals surface area contributed by atoms with Gasteiger partial charge >= 0.3 is 5.97 Å². The number of hydrogen-bond donors (Lipinski definition) is 2. The number of benzene rings is 1. The minimum absolute atomic E-state index is 0.0843. The second-order valence-corrected chi connectivity index (χ2v) is 8.09. The maximum Gasteiger partial charge on any atom is 0.305 e. The largest absolute Gasteiger partial charge is 0.504 e. The van der Waals surface area contributed by atoms with Gasteiger partial charge in [-0.05, 0) is 63.0 Å². The van der Waals surface area contributed by atoms with Crippen LogP contribution in [0.5, 0.6) is 11.5 Å². The highest BCUT2D eigenvalue weighted by Crippen LogP contribution is 2.28. The van der Waals surface area contributed by atoms with Crippen LogP contribution < -0.4 is 0 Å². The summed E-state index contributed by atoms with van der Waals surface area (Å²) < 4.78 is 5.26. The van der Waals surface area contributed by atoms with Gasteiger partial charge in [-0.15, -0.1) is 0 Å². The van der Waals surface area contributed by atoms with Crippen molar-refractivity contribution in [3.05, 3.63) is 48.1 Å². The van der Waals surface area contributed by atoms with Gasteiger partial charge in [0.1, 0.15) is 0 Å². The number of carbonyl (C=O) groups excluding carboxylic acids is 1. The molecule has 0 spiro atoms. The summed E-state index contributed by atoms with van der Waals surface area (Å²) in [7, 11) is 0. The van der Waals surface area contributed by atoms with E-state index in [0.717, 1.165) is 32.1 Å². The molecule has 0 aliphatic heterocycles. The third kappa shape index (κ3) is 14.4. The molecular formula is C27H42O4. The summed E-state index contributed by atoms with van der Waals surface area (Å²) in [5, 5.41) is 19.2. The summed E-state index contributed by atoms with van der Waals surface area (Å²) in [5.74, 6) is -0.347. The van der Waals surface area contributed by atoms with E-state index in [-0.39, 0.29) is 17.5 Å². The van der Waals surface area contributed by atoms with Crippen molar-refractivity contribution in [2.24, 2.45) is 0 Å². The molecule has 174 valence electrons. The number of unbranched alkanes of at least 4 members (excludes halogenated alkanes) is 8. The third-order valence-electron chi connectivity index (χ3n) is 5.28. The molecule has 0 aliphatic rings. The predicted octanol–water partition coefficient (Wildman–Crippen LogP) is 7.39. The molecule has 0 aromatic heterocycles. The molecule has 0 unspecified atom stereocenters.